The fourth-order valence-electron chi connectivity index (χ4n) is 1.85. The number of hydrogen-bond donors (Lipinski definition) is 1. The van der Waals surface area contributed by atoms with Gasteiger partial charge in [-0.1, -0.05) is 6.07 Å². The van der Waals surface area contributed by atoms with E-state index in [2.05, 4.69) is 5.32 Å². The summed E-state index contributed by atoms with van der Waals surface area (Å²) in [6.45, 7) is 0. The van der Waals surface area contributed by atoms with E-state index in [1.807, 2.05) is 6.07 Å². The number of amides is 1. The van der Waals surface area contributed by atoms with Gasteiger partial charge in [-0.3, -0.25) is 4.79 Å². The zero-order chi connectivity index (χ0) is 15.9. The SMILES string of the molecule is COc1ccc(/C=C/C(=O)Nc2ccc(F)cc2)cc1OC. The molecule has 0 atom stereocenters. The summed E-state index contributed by atoms with van der Waals surface area (Å²) in [6, 6.07) is 10.9. The minimum absolute atomic E-state index is 0.304. The van der Waals surface area contributed by atoms with Gasteiger partial charge in [0.05, 0.1) is 14.2 Å². The van der Waals surface area contributed by atoms with Crippen LogP contribution in [0.3, 0.4) is 0 Å². The molecule has 2 aromatic rings. The van der Waals surface area contributed by atoms with Crippen LogP contribution < -0.4 is 14.8 Å². The lowest BCUT2D eigenvalue weighted by atomic mass is 10.2. The van der Waals surface area contributed by atoms with Crippen LogP contribution in [0.5, 0.6) is 11.5 Å². The largest absolute Gasteiger partial charge is 0.493 e. The number of methoxy groups -OCH3 is 2. The molecule has 1 amide bonds. The van der Waals surface area contributed by atoms with Crippen LogP contribution >= 0.6 is 0 Å². The molecule has 0 unspecified atom stereocenters. The molecule has 1 N–H and O–H groups in total. The number of benzene rings is 2. The van der Waals surface area contributed by atoms with E-state index in [-0.39, 0.29) is 11.7 Å². The monoisotopic (exact) mass is 301 g/mol. The first-order valence-electron chi connectivity index (χ1n) is 6.59. The Kier molecular flexibility index (Phi) is 5.14. The summed E-state index contributed by atoms with van der Waals surface area (Å²) in [5, 5.41) is 2.64. The Morgan fingerprint density at radius 3 is 2.36 bits per heavy atom. The average molecular weight is 301 g/mol. The second-order valence-corrected chi connectivity index (χ2v) is 4.44. The van der Waals surface area contributed by atoms with Gasteiger partial charge in [-0.15, -0.1) is 0 Å². The maximum Gasteiger partial charge on any atom is 0.248 e. The molecule has 0 saturated heterocycles. The summed E-state index contributed by atoms with van der Waals surface area (Å²) in [6.07, 6.45) is 3.05. The molecule has 0 aliphatic heterocycles. The van der Waals surface area contributed by atoms with E-state index in [1.54, 1.807) is 32.4 Å². The lowest BCUT2D eigenvalue weighted by Crippen LogP contribution is -2.07. The standard InChI is InChI=1S/C17H16FNO3/c1-21-15-9-3-12(11-16(15)22-2)4-10-17(20)19-14-7-5-13(18)6-8-14/h3-11H,1-2H3,(H,19,20)/b10-4+. The minimum atomic E-state index is -0.348. The highest BCUT2D eigenvalue weighted by Crippen LogP contribution is 2.27. The molecule has 0 fully saturated rings. The summed E-state index contributed by atoms with van der Waals surface area (Å²) in [5.41, 5.74) is 1.33. The topological polar surface area (TPSA) is 47.6 Å². The molecule has 0 saturated carbocycles. The van der Waals surface area contributed by atoms with Gasteiger partial charge in [-0.05, 0) is 48.0 Å². The molecule has 4 nitrogen and oxygen atoms in total. The smallest absolute Gasteiger partial charge is 0.248 e. The Labute approximate surface area is 128 Å². The number of hydrogen-bond acceptors (Lipinski definition) is 3. The van der Waals surface area contributed by atoms with Crippen LogP contribution in [-0.2, 0) is 4.79 Å². The van der Waals surface area contributed by atoms with E-state index in [0.29, 0.717) is 17.2 Å². The lowest BCUT2D eigenvalue weighted by Gasteiger charge is -2.07. The maximum absolute atomic E-state index is 12.8. The number of ether oxygens (including phenoxy) is 2. The summed E-state index contributed by atoms with van der Waals surface area (Å²) >= 11 is 0. The average Bonchev–Trinajstić information content (AvgIpc) is 2.54. The van der Waals surface area contributed by atoms with Crippen LogP contribution in [0.4, 0.5) is 10.1 Å². The van der Waals surface area contributed by atoms with Crippen molar-refractivity contribution >= 4 is 17.7 Å². The Balaban J connectivity index is 2.04. The van der Waals surface area contributed by atoms with Crippen molar-refractivity contribution in [2.45, 2.75) is 0 Å². The highest BCUT2D eigenvalue weighted by molar-refractivity contribution is 6.01. The second kappa shape index (κ2) is 7.26. The third-order valence-corrected chi connectivity index (χ3v) is 2.95. The highest BCUT2D eigenvalue weighted by atomic mass is 19.1. The fourth-order valence-corrected chi connectivity index (χ4v) is 1.85. The van der Waals surface area contributed by atoms with Crippen molar-refractivity contribution in [2.75, 3.05) is 19.5 Å². The fraction of sp³-hybridized carbons (Fsp3) is 0.118. The summed E-state index contributed by atoms with van der Waals surface area (Å²) in [7, 11) is 3.11. The summed E-state index contributed by atoms with van der Waals surface area (Å²) in [5.74, 6) is 0.555. The number of carbonyl (C=O) groups excluding carboxylic acids is 1. The lowest BCUT2D eigenvalue weighted by molar-refractivity contribution is -0.111. The van der Waals surface area contributed by atoms with E-state index in [1.165, 1.54) is 30.3 Å². The van der Waals surface area contributed by atoms with Crippen LogP contribution in [0, 0.1) is 5.82 Å². The number of nitrogens with one attached hydrogen (secondary N) is 1. The number of rotatable bonds is 5. The minimum Gasteiger partial charge on any atom is -0.493 e. The molecule has 0 heterocycles. The van der Waals surface area contributed by atoms with Crippen molar-refractivity contribution in [2.24, 2.45) is 0 Å². The Bertz CT molecular complexity index is 681. The van der Waals surface area contributed by atoms with Gasteiger partial charge < -0.3 is 14.8 Å². The molecule has 0 spiro atoms. The molecule has 114 valence electrons. The predicted molar refractivity (Wildman–Crippen MR) is 83.6 cm³/mol. The van der Waals surface area contributed by atoms with Crippen LogP contribution in [0.25, 0.3) is 6.08 Å². The van der Waals surface area contributed by atoms with Crippen molar-refractivity contribution < 1.29 is 18.7 Å². The van der Waals surface area contributed by atoms with Crippen LogP contribution in [0.1, 0.15) is 5.56 Å². The predicted octanol–water partition coefficient (Wildman–Crippen LogP) is 3.49. The van der Waals surface area contributed by atoms with Crippen molar-refractivity contribution in [3.63, 3.8) is 0 Å². The zero-order valence-corrected chi connectivity index (χ0v) is 12.3. The van der Waals surface area contributed by atoms with Gasteiger partial charge in [0.1, 0.15) is 5.82 Å². The normalized spacial score (nSPS) is 10.5. The third-order valence-electron chi connectivity index (χ3n) is 2.95. The molecule has 0 aromatic heterocycles. The molecule has 0 aliphatic carbocycles. The molecule has 0 bridgehead atoms. The second-order valence-electron chi connectivity index (χ2n) is 4.44. The first-order chi connectivity index (χ1) is 10.6. The van der Waals surface area contributed by atoms with E-state index in [9.17, 15) is 9.18 Å². The highest BCUT2D eigenvalue weighted by Gasteiger charge is 2.03. The molecular weight excluding hydrogens is 285 g/mol. The number of halogens is 1. The van der Waals surface area contributed by atoms with Gasteiger partial charge in [0.2, 0.25) is 5.91 Å². The van der Waals surface area contributed by atoms with Gasteiger partial charge in [-0.2, -0.15) is 0 Å². The molecule has 2 aromatic carbocycles. The van der Waals surface area contributed by atoms with E-state index in [0.717, 1.165) is 5.56 Å². The number of anilines is 1. The van der Waals surface area contributed by atoms with Crippen LogP contribution in [0.15, 0.2) is 48.5 Å². The maximum atomic E-state index is 12.8. The number of carbonyl (C=O) groups is 1. The van der Waals surface area contributed by atoms with Crippen molar-refractivity contribution in [3.05, 3.63) is 59.9 Å². The van der Waals surface area contributed by atoms with Gasteiger partial charge in [0.25, 0.3) is 0 Å². The Hall–Kier alpha value is -2.82. The molecule has 2 rings (SSSR count). The van der Waals surface area contributed by atoms with Gasteiger partial charge >= 0.3 is 0 Å². The van der Waals surface area contributed by atoms with E-state index >= 15 is 0 Å². The Morgan fingerprint density at radius 2 is 1.73 bits per heavy atom. The van der Waals surface area contributed by atoms with Gasteiger partial charge in [0.15, 0.2) is 11.5 Å². The van der Waals surface area contributed by atoms with Crippen molar-refractivity contribution in [3.8, 4) is 11.5 Å². The Morgan fingerprint density at radius 1 is 1.05 bits per heavy atom. The van der Waals surface area contributed by atoms with E-state index < -0.39 is 0 Å². The summed E-state index contributed by atoms with van der Waals surface area (Å²) < 4.78 is 23.1. The van der Waals surface area contributed by atoms with Crippen LogP contribution in [0.2, 0.25) is 0 Å². The molecule has 0 aliphatic rings. The quantitative estimate of drug-likeness (QED) is 0.860. The summed E-state index contributed by atoms with van der Waals surface area (Å²) in [4.78, 5) is 11.8. The van der Waals surface area contributed by atoms with Gasteiger partial charge in [0, 0.05) is 11.8 Å². The van der Waals surface area contributed by atoms with Gasteiger partial charge in [-0.25, -0.2) is 4.39 Å². The third kappa shape index (κ3) is 4.09. The molecule has 5 heteroatoms. The molecule has 0 radical (unpaired) electrons. The molecular formula is C17H16FNO3. The van der Waals surface area contributed by atoms with Crippen molar-refractivity contribution in [1.29, 1.82) is 0 Å². The first kappa shape index (κ1) is 15.6. The van der Waals surface area contributed by atoms with E-state index in [4.69, 9.17) is 9.47 Å². The van der Waals surface area contributed by atoms with Crippen molar-refractivity contribution in [1.82, 2.24) is 0 Å². The molecule has 22 heavy (non-hydrogen) atoms. The first-order valence-corrected chi connectivity index (χ1v) is 6.59. The van der Waals surface area contributed by atoms with Crippen LogP contribution in [-0.4, -0.2) is 20.1 Å². The zero-order valence-electron chi connectivity index (χ0n) is 12.3.